The third-order valence-corrected chi connectivity index (χ3v) is 3.53. The van der Waals surface area contributed by atoms with E-state index in [2.05, 4.69) is 5.32 Å². The number of hydrogen-bond donors (Lipinski definition) is 2. The summed E-state index contributed by atoms with van der Waals surface area (Å²) < 4.78 is 13.0. The summed E-state index contributed by atoms with van der Waals surface area (Å²) in [6, 6.07) is 5.98. The van der Waals surface area contributed by atoms with Crippen molar-refractivity contribution in [2.75, 3.05) is 0 Å². The zero-order chi connectivity index (χ0) is 13.8. The molecule has 0 aliphatic heterocycles. The minimum Gasteiger partial charge on any atom is -0.481 e. The second kappa shape index (κ2) is 5.82. The molecule has 2 unspecified atom stereocenters. The molecule has 2 N–H and O–H groups in total. The van der Waals surface area contributed by atoms with E-state index in [0.29, 0.717) is 18.4 Å². The first-order valence-electron chi connectivity index (χ1n) is 6.33. The number of carbonyl (C=O) groups is 2. The summed E-state index contributed by atoms with van der Waals surface area (Å²) in [6.45, 7) is 0.222. The Morgan fingerprint density at radius 1 is 1.32 bits per heavy atom. The van der Waals surface area contributed by atoms with E-state index in [-0.39, 0.29) is 18.3 Å². The molecular weight excluding hydrogens is 249 g/mol. The van der Waals surface area contributed by atoms with E-state index >= 15 is 0 Å². The van der Waals surface area contributed by atoms with Crippen LogP contribution >= 0.6 is 0 Å². The Kier molecular flexibility index (Phi) is 4.14. The van der Waals surface area contributed by atoms with Crippen LogP contribution in [-0.2, 0) is 16.1 Å². The number of carboxylic acid groups (broad SMARTS) is 1. The lowest BCUT2D eigenvalue weighted by Crippen LogP contribution is -2.34. The van der Waals surface area contributed by atoms with Crippen molar-refractivity contribution in [2.45, 2.75) is 25.8 Å². The molecule has 102 valence electrons. The predicted octanol–water partition coefficient (Wildman–Crippen LogP) is 1.94. The highest BCUT2D eigenvalue weighted by molar-refractivity contribution is 5.85. The average Bonchev–Trinajstić information content (AvgIpc) is 2.85. The Labute approximate surface area is 110 Å². The molecule has 1 aliphatic rings. The maximum absolute atomic E-state index is 13.0. The molecule has 0 spiro atoms. The number of amides is 1. The molecule has 1 aliphatic carbocycles. The third kappa shape index (κ3) is 3.30. The lowest BCUT2D eigenvalue weighted by molar-refractivity contribution is -0.146. The van der Waals surface area contributed by atoms with Crippen molar-refractivity contribution >= 4 is 11.9 Å². The first-order valence-corrected chi connectivity index (χ1v) is 6.33. The molecular formula is C14H16FNO3. The zero-order valence-electron chi connectivity index (χ0n) is 10.4. The lowest BCUT2D eigenvalue weighted by atomic mass is 9.95. The van der Waals surface area contributed by atoms with Crippen molar-refractivity contribution < 1.29 is 19.1 Å². The number of aliphatic carboxylic acids is 1. The fraction of sp³-hybridized carbons (Fsp3) is 0.429. The van der Waals surface area contributed by atoms with Crippen molar-refractivity contribution in [1.29, 1.82) is 0 Å². The Morgan fingerprint density at radius 3 is 2.74 bits per heavy atom. The van der Waals surface area contributed by atoms with Gasteiger partial charge in [-0.15, -0.1) is 0 Å². The van der Waals surface area contributed by atoms with Gasteiger partial charge in [0.05, 0.1) is 11.8 Å². The van der Waals surface area contributed by atoms with E-state index in [0.717, 1.165) is 6.42 Å². The van der Waals surface area contributed by atoms with Gasteiger partial charge in [-0.25, -0.2) is 4.39 Å². The molecule has 1 aromatic rings. The Morgan fingerprint density at radius 2 is 2.05 bits per heavy atom. The van der Waals surface area contributed by atoms with Crippen LogP contribution in [0.4, 0.5) is 4.39 Å². The smallest absolute Gasteiger partial charge is 0.307 e. The lowest BCUT2D eigenvalue weighted by Gasteiger charge is -2.15. The number of nitrogens with one attached hydrogen (secondary N) is 1. The molecule has 1 saturated carbocycles. The number of rotatable bonds is 4. The monoisotopic (exact) mass is 265 g/mol. The van der Waals surface area contributed by atoms with Crippen molar-refractivity contribution in [1.82, 2.24) is 5.32 Å². The van der Waals surface area contributed by atoms with Crippen LogP contribution in [0, 0.1) is 17.7 Å². The van der Waals surface area contributed by atoms with Crippen LogP contribution in [0.3, 0.4) is 0 Å². The van der Waals surface area contributed by atoms with E-state index in [1.54, 1.807) is 12.1 Å². The maximum Gasteiger partial charge on any atom is 0.307 e. The van der Waals surface area contributed by atoms with Crippen LogP contribution in [0.5, 0.6) is 0 Å². The van der Waals surface area contributed by atoms with Gasteiger partial charge < -0.3 is 10.4 Å². The van der Waals surface area contributed by atoms with Crippen LogP contribution in [-0.4, -0.2) is 17.0 Å². The Hall–Kier alpha value is -1.91. The normalized spacial score (nSPS) is 22.2. The Balaban J connectivity index is 1.92. The Bertz CT molecular complexity index is 489. The van der Waals surface area contributed by atoms with Crippen molar-refractivity contribution in [3.05, 3.63) is 35.6 Å². The highest BCUT2D eigenvalue weighted by Crippen LogP contribution is 2.32. The van der Waals surface area contributed by atoms with Gasteiger partial charge in [0.1, 0.15) is 5.82 Å². The summed E-state index contributed by atoms with van der Waals surface area (Å²) in [4.78, 5) is 23.0. The molecule has 19 heavy (non-hydrogen) atoms. The molecule has 0 saturated heterocycles. The quantitative estimate of drug-likeness (QED) is 0.874. The highest BCUT2D eigenvalue weighted by Gasteiger charge is 2.37. The van der Waals surface area contributed by atoms with Crippen molar-refractivity contribution in [2.24, 2.45) is 11.8 Å². The SMILES string of the molecule is O=C(O)C1CCCC1C(=O)NCc1cccc(F)c1. The molecule has 5 heteroatoms. The summed E-state index contributed by atoms with van der Waals surface area (Å²) in [5, 5.41) is 11.7. The fourth-order valence-corrected chi connectivity index (χ4v) is 2.54. The molecule has 0 aromatic heterocycles. The summed E-state index contributed by atoms with van der Waals surface area (Å²) in [6.07, 6.45) is 1.91. The number of benzene rings is 1. The first kappa shape index (κ1) is 13.5. The summed E-state index contributed by atoms with van der Waals surface area (Å²) in [7, 11) is 0. The maximum atomic E-state index is 13.0. The molecule has 1 amide bonds. The molecule has 1 aromatic carbocycles. The molecule has 0 bridgehead atoms. The summed E-state index contributed by atoms with van der Waals surface area (Å²) in [5.41, 5.74) is 0.665. The van der Waals surface area contributed by atoms with E-state index < -0.39 is 17.8 Å². The average molecular weight is 265 g/mol. The fourth-order valence-electron chi connectivity index (χ4n) is 2.54. The van der Waals surface area contributed by atoms with Crippen LogP contribution < -0.4 is 5.32 Å². The van der Waals surface area contributed by atoms with Gasteiger partial charge in [0.2, 0.25) is 5.91 Å². The van der Waals surface area contributed by atoms with E-state index in [9.17, 15) is 14.0 Å². The van der Waals surface area contributed by atoms with Crippen molar-refractivity contribution in [3.63, 3.8) is 0 Å². The van der Waals surface area contributed by atoms with E-state index in [1.165, 1.54) is 12.1 Å². The second-order valence-corrected chi connectivity index (χ2v) is 4.83. The molecule has 2 rings (SSSR count). The zero-order valence-corrected chi connectivity index (χ0v) is 10.4. The number of carbonyl (C=O) groups excluding carboxylic acids is 1. The standard InChI is InChI=1S/C14H16FNO3/c15-10-4-1-3-9(7-10)8-16-13(17)11-5-2-6-12(11)14(18)19/h1,3-4,7,11-12H,2,5-6,8H2,(H,16,17)(H,18,19). The van der Waals surface area contributed by atoms with Gasteiger partial charge in [-0.1, -0.05) is 18.6 Å². The summed E-state index contributed by atoms with van der Waals surface area (Å²) >= 11 is 0. The third-order valence-electron chi connectivity index (χ3n) is 3.53. The van der Waals surface area contributed by atoms with E-state index in [1.807, 2.05) is 0 Å². The second-order valence-electron chi connectivity index (χ2n) is 4.83. The molecule has 2 atom stereocenters. The molecule has 0 radical (unpaired) electrons. The minimum absolute atomic E-state index is 0.222. The van der Waals surface area contributed by atoms with Crippen LogP contribution in [0.25, 0.3) is 0 Å². The van der Waals surface area contributed by atoms with Gasteiger partial charge in [-0.05, 0) is 30.5 Å². The largest absolute Gasteiger partial charge is 0.481 e. The van der Waals surface area contributed by atoms with Gasteiger partial charge in [0, 0.05) is 6.54 Å². The van der Waals surface area contributed by atoms with Gasteiger partial charge in [0.15, 0.2) is 0 Å². The van der Waals surface area contributed by atoms with Gasteiger partial charge in [-0.3, -0.25) is 9.59 Å². The molecule has 4 nitrogen and oxygen atoms in total. The highest BCUT2D eigenvalue weighted by atomic mass is 19.1. The number of halogens is 1. The summed E-state index contributed by atoms with van der Waals surface area (Å²) in [5.74, 6) is -2.58. The number of carboxylic acids is 1. The topological polar surface area (TPSA) is 66.4 Å². The molecule has 0 heterocycles. The predicted molar refractivity (Wildman–Crippen MR) is 66.7 cm³/mol. The van der Waals surface area contributed by atoms with E-state index in [4.69, 9.17) is 5.11 Å². The first-order chi connectivity index (χ1) is 9.08. The van der Waals surface area contributed by atoms with Crippen LogP contribution in [0.2, 0.25) is 0 Å². The van der Waals surface area contributed by atoms with Crippen molar-refractivity contribution in [3.8, 4) is 0 Å². The minimum atomic E-state index is -0.914. The van der Waals surface area contributed by atoms with Gasteiger partial charge in [0.25, 0.3) is 0 Å². The van der Waals surface area contributed by atoms with Gasteiger partial charge >= 0.3 is 5.97 Å². The number of hydrogen-bond acceptors (Lipinski definition) is 2. The van der Waals surface area contributed by atoms with Crippen LogP contribution in [0.15, 0.2) is 24.3 Å². The van der Waals surface area contributed by atoms with Crippen LogP contribution in [0.1, 0.15) is 24.8 Å². The van der Waals surface area contributed by atoms with Gasteiger partial charge in [-0.2, -0.15) is 0 Å². The molecule has 1 fully saturated rings.